The highest BCUT2D eigenvalue weighted by molar-refractivity contribution is 6.74. The van der Waals surface area contributed by atoms with Crippen molar-refractivity contribution in [2.24, 2.45) is 11.8 Å². The number of carbonyl (C=O) groups is 1. The number of hydrogen-bond donors (Lipinski definition) is 1. The Kier molecular flexibility index (Phi) is 8.14. The Labute approximate surface area is 131 Å². The van der Waals surface area contributed by atoms with Crippen molar-refractivity contribution in [2.75, 3.05) is 13.7 Å². The van der Waals surface area contributed by atoms with Gasteiger partial charge in [0.05, 0.1) is 7.11 Å². The van der Waals surface area contributed by atoms with Gasteiger partial charge in [-0.25, -0.2) is 4.79 Å². The number of aliphatic hydroxyl groups excluding tert-OH is 1. The number of carbonyl (C=O) groups excluding carboxylic acids is 1. The summed E-state index contributed by atoms with van der Waals surface area (Å²) in [7, 11) is -0.504. The summed E-state index contributed by atoms with van der Waals surface area (Å²) in [5, 5.41) is 9.80. The molecule has 1 N–H and O–H groups in total. The van der Waals surface area contributed by atoms with E-state index in [1.54, 1.807) is 0 Å². The number of methoxy groups -OCH3 is 1. The molecule has 0 rings (SSSR count). The number of aliphatic hydroxyl groups is 1. The van der Waals surface area contributed by atoms with E-state index in [4.69, 9.17) is 4.43 Å². The molecule has 0 heterocycles. The lowest BCUT2D eigenvalue weighted by molar-refractivity contribution is -0.150. The summed E-state index contributed by atoms with van der Waals surface area (Å²) in [4.78, 5) is 11.2. The molecule has 126 valence electrons. The molecule has 0 aliphatic carbocycles. The third-order valence-electron chi connectivity index (χ3n) is 5.13. The third kappa shape index (κ3) is 6.08. The average molecular weight is 319 g/mol. The summed E-state index contributed by atoms with van der Waals surface area (Å²) >= 11 is 0. The highest BCUT2D eigenvalue weighted by atomic mass is 28.4. The van der Waals surface area contributed by atoms with E-state index in [2.05, 4.69) is 52.4 Å². The molecule has 21 heavy (non-hydrogen) atoms. The minimum atomic E-state index is -1.80. The van der Waals surface area contributed by atoms with Gasteiger partial charge in [-0.2, -0.15) is 0 Å². The van der Waals surface area contributed by atoms with Crippen LogP contribution in [0.25, 0.3) is 0 Å². The van der Waals surface area contributed by atoms with Crippen LogP contribution >= 0.6 is 0 Å². The second-order valence-electron chi connectivity index (χ2n) is 7.42. The van der Waals surface area contributed by atoms with Gasteiger partial charge in [-0.05, 0) is 42.8 Å². The van der Waals surface area contributed by atoms with Crippen molar-refractivity contribution in [1.82, 2.24) is 0 Å². The number of rotatable bonds is 9. The first-order chi connectivity index (χ1) is 9.45. The van der Waals surface area contributed by atoms with Gasteiger partial charge in [0, 0.05) is 6.61 Å². The summed E-state index contributed by atoms with van der Waals surface area (Å²) in [6.45, 7) is 16.4. The number of hydrogen-bond acceptors (Lipinski definition) is 4. The largest absolute Gasteiger partial charge is 0.467 e. The molecule has 0 spiro atoms. The first-order valence-corrected chi connectivity index (χ1v) is 10.8. The van der Waals surface area contributed by atoms with Crippen molar-refractivity contribution in [3.8, 4) is 0 Å². The third-order valence-corrected chi connectivity index (χ3v) is 9.70. The van der Waals surface area contributed by atoms with Crippen molar-refractivity contribution >= 4 is 14.3 Å². The molecule has 0 saturated carbocycles. The van der Waals surface area contributed by atoms with E-state index in [-0.39, 0.29) is 5.04 Å². The molecule has 0 bridgehead atoms. The molecule has 0 aliphatic rings. The van der Waals surface area contributed by atoms with E-state index in [0.29, 0.717) is 24.9 Å². The maximum atomic E-state index is 11.2. The second kappa shape index (κ2) is 8.29. The van der Waals surface area contributed by atoms with Crippen LogP contribution in [0.2, 0.25) is 18.1 Å². The summed E-state index contributed by atoms with van der Waals surface area (Å²) in [5.74, 6) is 0.341. The maximum absolute atomic E-state index is 11.2. The maximum Gasteiger partial charge on any atom is 0.334 e. The van der Waals surface area contributed by atoms with Gasteiger partial charge in [0.15, 0.2) is 14.4 Å². The van der Waals surface area contributed by atoms with Crippen LogP contribution in [0.5, 0.6) is 0 Å². The van der Waals surface area contributed by atoms with E-state index >= 15 is 0 Å². The normalized spacial score (nSPS) is 15.9. The topological polar surface area (TPSA) is 55.8 Å². The van der Waals surface area contributed by atoms with Gasteiger partial charge in [0.2, 0.25) is 0 Å². The fourth-order valence-corrected chi connectivity index (χ4v) is 4.48. The van der Waals surface area contributed by atoms with Gasteiger partial charge in [0.25, 0.3) is 0 Å². The fourth-order valence-electron chi connectivity index (χ4n) is 2.01. The predicted molar refractivity (Wildman–Crippen MR) is 88.7 cm³/mol. The highest BCUT2D eigenvalue weighted by Gasteiger charge is 2.43. The van der Waals surface area contributed by atoms with Crippen LogP contribution in [-0.2, 0) is 14.0 Å². The van der Waals surface area contributed by atoms with Crippen LogP contribution in [0.4, 0.5) is 0 Å². The van der Waals surface area contributed by atoms with E-state index in [0.717, 1.165) is 6.42 Å². The molecular weight excluding hydrogens is 284 g/mol. The van der Waals surface area contributed by atoms with Gasteiger partial charge >= 0.3 is 5.97 Å². The molecule has 0 aromatic carbocycles. The zero-order chi connectivity index (χ0) is 16.8. The van der Waals surface area contributed by atoms with Crippen molar-refractivity contribution in [2.45, 2.75) is 71.7 Å². The fraction of sp³-hybridized carbons (Fsp3) is 0.938. The van der Waals surface area contributed by atoms with Gasteiger partial charge in [-0.15, -0.1) is 0 Å². The monoisotopic (exact) mass is 318 g/mol. The predicted octanol–water partition coefficient (Wildman–Crippen LogP) is 3.59. The van der Waals surface area contributed by atoms with Crippen molar-refractivity contribution in [3.63, 3.8) is 0 Å². The highest BCUT2D eigenvalue weighted by Crippen LogP contribution is 2.44. The average Bonchev–Trinajstić information content (AvgIpc) is 2.41. The molecule has 0 aliphatic heterocycles. The molecule has 0 saturated heterocycles. The van der Waals surface area contributed by atoms with Gasteiger partial charge in [0.1, 0.15) is 0 Å². The Bertz CT molecular complexity index is 326. The zero-order valence-electron chi connectivity index (χ0n) is 15.0. The minimum Gasteiger partial charge on any atom is -0.467 e. The molecule has 2 atom stereocenters. The molecule has 0 fully saturated rings. The standard InChI is InChI=1S/C16H34O4Si/c1-12(2)16(4,5)21(7,8)20-11-13(3)9-10-14(17)15(18)19-6/h12-14,17H,9-11H2,1-8H3/t13-,14+/m1/s1. The Balaban J connectivity index is 4.30. The summed E-state index contributed by atoms with van der Waals surface area (Å²) in [5.41, 5.74) is 0. The lowest BCUT2D eigenvalue weighted by Gasteiger charge is -2.43. The minimum absolute atomic E-state index is 0.207. The Morgan fingerprint density at radius 1 is 1.19 bits per heavy atom. The van der Waals surface area contributed by atoms with Crippen molar-refractivity contribution in [1.29, 1.82) is 0 Å². The van der Waals surface area contributed by atoms with Crippen molar-refractivity contribution in [3.05, 3.63) is 0 Å². The smallest absolute Gasteiger partial charge is 0.334 e. The van der Waals surface area contributed by atoms with Crippen LogP contribution in [0.1, 0.15) is 47.5 Å². The molecular formula is C16H34O4Si. The van der Waals surface area contributed by atoms with Gasteiger partial charge in [-0.3, -0.25) is 0 Å². The van der Waals surface area contributed by atoms with Gasteiger partial charge in [-0.1, -0.05) is 34.6 Å². The van der Waals surface area contributed by atoms with E-state index in [1.165, 1.54) is 7.11 Å². The molecule has 0 aromatic rings. The first kappa shape index (κ1) is 20.6. The van der Waals surface area contributed by atoms with E-state index < -0.39 is 20.4 Å². The van der Waals surface area contributed by atoms with Crippen LogP contribution in [0.3, 0.4) is 0 Å². The zero-order valence-corrected chi connectivity index (χ0v) is 16.0. The summed E-state index contributed by atoms with van der Waals surface area (Å²) in [6, 6.07) is 0. The summed E-state index contributed by atoms with van der Waals surface area (Å²) in [6.07, 6.45) is 0.158. The molecule has 0 amide bonds. The van der Waals surface area contributed by atoms with Crippen LogP contribution in [0.15, 0.2) is 0 Å². The summed E-state index contributed by atoms with van der Waals surface area (Å²) < 4.78 is 10.8. The lowest BCUT2D eigenvalue weighted by Crippen LogP contribution is -2.46. The molecule has 5 heteroatoms. The lowest BCUT2D eigenvalue weighted by atomic mass is 9.99. The van der Waals surface area contributed by atoms with E-state index in [9.17, 15) is 9.90 Å². The Hall–Kier alpha value is -0.393. The van der Waals surface area contributed by atoms with Crippen LogP contribution in [-0.4, -0.2) is 39.2 Å². The first-order valence-electron chi connectivity index (χ1n) is 7.85. The SMILES string of the molecule is COC(=O)[C@@H](O)CC[C@@H](C)CO[Si](C)(C)C(C)(C)C(C)C. The number of ether oxygens (including phenoxy) is 1. The molecule has 0 aromatic heterocycles. The van der Waals surface area contributed by atoms with Gasteiger partial charge < -0.3 is 14.3 Å². The van der Waals surface area contributed by atoms with E-state index in [1.807, 2.05) is 0 Å². The quantitative estimate of drug-likeness (QED) is 0.521. The Morgan fingerprint density at radius 3 is 2.14 bits per heavy atom. The van der Waals surface area contributed by atoms with Crippen molar-refractivity contribution < 1.29 is 19.1 Å². The molecule has 0 unspecified atom stereocenters. The Morgan fingerprint density at radius 2 is 1.71 bits per heavy atom. The number of esters is 1. The molecule has 4 nitrogen and oxygen atoms in total. The van der Waals surface area contributed by atoms with Crippen LogP contribution < -0.4 is 0 Å². The van der Waals surface area contributed by atoms with Crippen LogP contribution in [0, 0.1) is 11.8 Å². The molecule has 0 radical (unpaired) electrons. The second-order valence-corrected chi connectivity index (χ2v) is 12.0.